The number of hydrogen-bond donors (Lipinski definition) is 0. The summed E-state index contributed by atoms with van der Waals surface area (Å²) in [6.07, 6.45) is 4.17. The quantitative estimate of drug-likeness (QED) is 0.870. The number of aryl methyl sites for hydroxylation is 2. The summed E-state index contributed by atoms with van der Waals surface area (Å²) in [5.41, 5.74) is 3.93. The SMILES string of the molecule is CCC(=O)N1CCO[C@@H](c2cc(-c3cnn(C)c3)cc(C)n2)C1. The van der Waals surface area contributed by atoms with Crippen LogP contribution in [0.25, 0.3) is 11.1 Å². The maximum absolute atomic E-state index is 11.9. The van der Waals surface area contributed by atoms with Gasteiger partial charge in [0.1, 0.15) is 6.10 Å². The highest BCUT2D eigenvalue weighted by Crippen LogP contribution is 2.26. The van der Waals surface area contributed by atoms with Crippen LogP contribution in [-0.2, 0) is 16.6 Å². The van der Waals surface area contributed by atoms with Crippen LogP contribution in [0.5, 0.6) is 0 Å². The maximum Gasteiger partial charge on any atom is 0.222 e. The third-order valence-electron chi connectivity index (χ3n) is 4.06. The van der Waals surface area contributed by atoms with E-state index < -0.39 is 0 Å². The normalized spacial score (nSPS) is 18.2. The number of amides is 1. The van der Waals surface area contributed by atoms with E-state index in [0.29, 0.717) is 26.1 Å². The molecule has 3 rings (SSSR count). The van der Waals surface area contributed by atoms with Crippen molar-refractivity contribution in [3.05, 3.63) is 35.9 Å². The zero-order valence-corrected chi connectivity index (χ0v) is 13.8. The predicted molar refractivity (Wildman–Crippen MR) is 86.7 cm³/mol. The Morgan fingerprint density at radius 1 is 1.39 bits per heavy atom. The molecule has 0 unspecified atom stereocenters. The number of ether oxygens (including phenoxy) is 1. The third-order valence-corrected chi connectivity index (χ3v) is 4.06. The fourth-order valence-corrected chi connectivity index (χ4v) is 2.87. The molecule has 0 N–H and O–H groups in total. The van der Waals surface area contributed by atoms with E-state index in [1.54, 1.807) is 4.68 Å². The van der Waals surface area contributed by atoms with E-state index in [1.807, 2.05) is 50.3 Å². The van der Waals surface area contributed by atoms with Gasteiger partial charge in [-0.1, -0.05) is 6.92 Å². The lowest BCUT2D eigenvalue weighted by atomic mass is 10.1. The Balaban J connectivity index is 1.87. The molecule has 3 heterocycles. The topological polar surface area (TPSA) is 60.3 Å². The Hall–Kier alpha value is -2.21. The lowest BCUT2D eigenvalue weighted by Gasteiger charge is -2.32. The first kappa shape index (κ1) is 15.7. The number of carbonyl (C=O) groups is 1. The second-order valence-electron chi connectivity index (χ2n) is 5.88. The fraction of sp³-hybridized carbons (Fsp3) is 0.471. The van der Waals surface area contributed by atoms with Crippen molar-refractivity contribution >= 4 is 5.91 Å². The van der Waals surface area contributed by atoms with Crippen LogP contribution >= 0.6 is 0 Å². The predicted octanol–water partition coefficient (Wildman–Crippen LogP) is 2.10. The number of nitrogens with zero attached hydrogens (tertiary/aromatic N) is 4. The van der Waals surface area contributed by atoms with Crippen LogP contribution in [0.1, 0.15) is 30.8 Å². The number of pyridine rings is 1. The molecule has 0 radical (unpaired) electrons. The van der Waals surface area contributed by atoms with Crippen molar-refractivity contribution in [1.82, 2.24) is 19.7 Å². The number of hydrogen-bond acceptors (Lipinski definition) is 4. The van der Waals surface area contributed by atoms with E-state index in [1.165, 1.54) is 0 Å². The van der Waals surface area contributed by atoms with Gasteiger partial charge in [0.25, 0.3) is 0 Å². The summed E-state index contributed by atoms with van der Waals surface area (Å²) < 4.78 is 7.64. The van der Waals surface area contributed by atoms with Gasteiger partial charge < -0.3 is 9.64 Å². The van der Waals surface area contributed by atoms with Crippen molar-refractivity contribution in [3.63, 3.8) is 0 Å². The van der Waals surface area contributed by atoms with Crippen LogP contribution in [0.4, 0.5) is 0 Å². The van der Waals surface area contributed by atoms with Gasteiger partial charge in [-0.2, -0.15) is 5.10 Å². The summed E-state index contributed by atoms with van der Waals surface area (Å²) in [5.74, 6) is 0.165. The van der Waals surface area contributed by atoms with Crippen LogP contribution in [0, 0.1) is 6.92 Å². The van der Waals surface area contributed by atoms with E-state index in [4.69, 9.17) is 4.74 Å². The van der Waals surface area contributed by atoms with Gasteiger partial charge in [-0.3, -0.25) is 14.5 Å². The number of rotatable bonds is 3. The summed E-state index contributed by atoms with van der Waals surface area (Å²) in [5, 5.41) is 4.22. The molecule has 23 heavy (non-hydrogen) atoms. The molecule has 6 nitrogen and oxygen atoms in total. The van der Waals surface area contributed by atoms with Crippen LogP contribution < -0.4 is 0 Å². The highest BCUT2D eigenvalue weighted by Gasteiger charge is 2.26. The average Bonchev–Trinajstić information content (AvgIpc) is 3.00. The van der Waals surface area contributed by atoms with E-state index in [0.717, 1.165) is 22.5 Å². The van der Waals surface area contributed by atoms with Crippen molar-refractivity contribution in [1.29, 1.82) is 0 Å². The van der Waals surface area contributed by atoms with E-state index in [2.05, 4.69) is 10.1 Å². The van der Waals surface area contributed by atoms with Gasteiger partial charge in [-0.15, -0.1) is 0 Å². The van der Waals surface area contributed by atoms with Crippen molar-refractivity contribution in [3.8, 4) is 11.1 Å². The lowest BCUT2D eigenvalue weighted by Crippen LogP contribution is -2.42. The van der Waals surface area contributed by atoms with Crippen molar-refractivity contribution < 1.29 is 9.53 Å². The van der Waals surface area contributed by atoms with Crippen molar-refractivity contribution in [2.24, 2.45) is 7.05 Å². The minimum absolute atomic E-state index is 0.165. The minimum atomic E-state index is -0.172. The van der Waals surface area contributed by atoms with Gasteiger partial charge in [0.05, 0.1) is 25.0 Å². The standard InChI is InChI=1S/C17H22N4O2/c1-4-17(22)21-5-6-23-16(11-21)15-8-13(7-12(2)19-15)14-9-18-20(3)10-14/h7-10,16H,4-6,11H2,1-3H3/t16-/m1/s1. The monoisotopic (exact) mass is 314 g/mol. The minimum Gasteiger partial charge on any atom is -0.368 e. The average molecular weight is 314 g/mol. The summed E-state index contributed by atoms with van der Waals surface area (Å²) in [6, 6.07) is 4.08. The Kier molecular flexibility index (Phi) is 4.43. The Labute approximate surface area is 136 Å². The molecule has 6 heteroatoms. The maximum atomic E-state index is 11.9. The highest BCUT2D eigenvalue weighted by molar-refractivity contribution is 5.76. The summed E-state index contributed by atoms with van der Waals surface area (Å²) >= 11 is 0. The van der Waals surface area contributed by atoms with Crippen LogP contribution in [0.2, 0.25) is 0 Å². The lowest BCUT2D eigenvalue weighted by molar-refractivity contribution is -0.138. The Bertz CT molecular complexity index is 710. The molecule has 1 aliphatic heterocycles. The van der Waals surface area contributed by atoms with Crippen molar-refractivity contribution in [2.45, 2.75) is 26.4 Å². The highest BCUT2D eigenvalue weighted by atomic mass is 16.5. The molecule has 1 fully saturated rings. The first-order chi connectivity index (χ1) is 11.1. The van der Waals surface area contributed by atoms with Crippen LogP contribution in [0.3, 0.4) is 0 Å². The molecular formula is C17H22N4O2. The van der Waals surface area contributed by atoms with Gasteiger partial charge in [-0.25, -0.2) is 0 Å². The zero-order chi connectivity index (χ0) is 16.4. The second kappa shape index (κ2) is 6.50. The molecule has 2 aromatic rings. The molecule has 1 amide bonds. The zero-order valence-electron chi connectivity index (χ0n) is 13.8. The summed E-state index contributed by atoms with van der Waals surface area (Å²) in [4.78, 5) is 18.4. The van der Waals surface area contributed by atoms with Gasteiger partial charge in [-0.05, 0) is 24.6 Å². The number of aromatic nitrogens is 3. The largest absolute Gasteiger partial charge is 0.368 e. The summed E-state index contributed by atoms with van der Waals surface area (Å²) in [7, 11) is 1.90. The first-order valence-electron chi connectivity index (χ1n) is 7.94. The first-order valence-corrected chi connectivity index (χ1v) is 7.94. The molecule has 0 bridgehead atoms. The van der Waals surface area contributed by atoms with Crippen molar-refractivity contribution in [2.75, 3.05) is 19.7 Å². The third kappa shape index (κ3) is 3.42. The van der Waals surface area contributed by atoms with Gasteiger partial charge in [0.2, 0.25) is 5.91 Å². The molecule has 1 aliphatic rings. The number of carbonyl (C=O) groups excluding carboxylic acids is 1. The van der Waals surface area contributed by atoms with E-state index >= 15 is 0 Å². The molecule has 0 saturated carbocycles. The molecule has 0 aromatic carbocycles. The molecule has 0 spiro atoms. The second-order valence-corrected chi connectivity index (χ2v) is 5.88. The molecule has 122 valence electrons. The molecular weight excluding hydrogens is 292 g/mol. The molecule has 0 aliphatic carbocycles. The Morgan fingerprint density at radius 3 is 2.91 bits per heavy atom. The van der Waals surface area contributed by atoms with Gasteiger partial charge >= 0.3 is 0 Å². The molecule has 1 saturated heterocycles. The smallest absolute Gasteiger partial charge is 0.222 e. The molecule has 2 aromatic heterocycles. The molecule has 1 atom stereocenters. The van der Waals surface area contributed by atoms with E-state index in [9.17, 15) is 4.79 Å². The van der Waals surface area contributed by atoms with E-state index in [-0.39, 0.29) is 12.0 Å². The van der Waals surface area contributed by atoms with Crippen LogP contribution in [0.15, 0.2) is 24.5 Å². The number of morpholine rings is 1. The Morgan fingerprint density at radius 2 is 2.22 bits per heavy atom. The van der Waals surface area contributed by atoms with Gasteiger partial charge in [0.15, 0.2) is 0 Å². The fourth-order valence-electron chi connectivity index (χ4n) is 2.87. The summed E-state index contributed by atoms with van der Waals surface area (Å²) in [6.45, 7) is 5.63. The van der Waals surface area contributed by atoms with Crippen LogP contribution in [-0.4, -0.2) is 45.3 Å². The van der Waals surface area contributed by atoms with Gasteiger partial charge in [0, 0.05) is 37.5 Å².